The van der Waals surface area contributed by atoms with E-state index < -0.39 is 0 Å². The largest absolute Gasteiger partial charge is 0.353 e. The smallest absolute Gasteiger partial charge is 0.236 e. The minimum absolute atomic E-state index is 0. The zero-order chi connectivity index (χ0) is 14.3. The Labute approximate surface area is 127 Å². The van der Waals surface area contributed by atoms with E-state index in [9.17, 15) is 9.59 Å². The molecule has 2 amide bonds. The summed E-state index contributed by atoms with van der Waals surface area (Å²) >= 11 is 0. The topological polar surface area (TPSA) is 64.7 Å². The van der Waals surface area contributed by atoms with Crippen LogP contribution >= 0.6 is 12.4 Å². The predicted molar refractivity (Wildman–Crippen MR) is 82.1 cm³/mol. The van der Waals surface area contributed by atoms with E-state index in [1.54, 1.807) is 7.05 Å². The van der Waals surface area contributed by atoms with Gasteiger partial charge in [-0.15, -0.1) is 12.4 Å². The Bertz CT molecular complexity index is 307. The van der Waals surface area contributed by atoms with Crippen LogP contribution in [0.3, 0.4) is 0 Å². The number of hydrogen-bond donors (Lipinski definition) is 2. The van der Waals surface area contributed by atoms with Crippen LogP contribution in [0.2, 0.25) is 0 Å². The van der Waals surface area contributed by atoms with E-state index in [0.717, 1.165) is 19.5 Å². The Morgan fingerprint density at radius 1 is 1.20 bits per heavy atom. The lowest BCUT2D eigenvalue weighted by Gasteiger charge is -2.34. The molecule has 1 unspecified atom stereocenters. The number of carbonyl (C=O) groups is 2. The zero-order valence-electron chi connectivity index (χ0n) is 12.6. The number of nitrogens with one attached hydrogen (secondary N) is 2. The van der Waals surface area contributed by atoms with Crippen molar-refractivity contribution in [3.05, 3.63) is 0 Å². The summed E-state index contributed by atoms with van der Waals surface area (Å²) < 4.78 is 0. The number of nitrogens with zero attached hydrogens (tertiary/aromatic N) is 2. The van der Waals surface area contributed by atoms with Gasteiger partial charge < -0.3 is 15.5 Å². The maximum Gasteiger partial charge on any atom is 0.236 e. The number of amides is 2. The van der Waals surface area contributed by atoms with Crippen molar-refractivity contribution in [1.29, 1.82) is 0 Å². The van der Waals surface area contributed by atoms with Gasteiger partial charge in [-0.1, -0.05) is 6.92 Å². The van der Waals surface area contributed by atoms with Gasteiger partial charge in [-0.05, 0) is 20.4 Å². The van der Waals surface area contributed by atoms with Crippen LogP contribution in [-0.4, -0.2) is 74.0 Å². The molecule has 0 bridgehead atoms. The molecule has 1 saturated heterocycles. The van der Waals surface area contributed by atoms with Crippen LogP contribution < -0.4 is 10.6 Å². The molecule has 2 N–H and O–H groups in total. The van der Waals surface area contributed by atoms with E-state index in [4.69, 9.17) is 0 Å². The van der Waals surface area contributed by atoms with Gasteiger partial charge in [-0.25, -0.2) is 0 Å². The van der Waals surface area contributed by atoms with Gasteiger partial charge in [0.05, 0.1) is 13.1 Å². The molecule has 118 valence electrons. The second kappa shape index (κ2) is 9.96. The van der Waals surface area contributed by atoms with Crippen LogP contribution in [0.15, 0.2) is 0 Å². The zero-order valence-corrected chi connectivity index (χ0v) is 13.5. The van der Waals surface area contributed by atoms with Crippen molar-refractivity contribution >= 4 is 24.2 Å². The standard InChI is InChI=1S/C13H26N4O2.ClH/c1-4-11(2)15-12(18)10-16-5-7-17(8-6-16)13(19)9-14-3;/h11,14H,4-10H2,1-3H3,(H,15,18);1H. The molecule has 7 heteroatoms. The Morgan fingerprint density at radius 3 is 2.30 bits per heavy atom. The molecule has 6 nitrogen and oxygen atoms in total. The molecule has 0 aliphatic carbocycles. The lowest BCUT2D eigenvalue weighted by molar-refractivity contribution is -0.132. The minimum Gasteiger partial charge on any atom is -0.353 e. The molecule has 1 fully saturated rings. The average Bonchev–Trinajstić information content (AvgIpc) is 2.39. The normalized spacial score (nSPS) is 17.2. The van der Waals surface area contributed by atoms with Crippen molar-refractivity contribution < 1.29 is 9.59 Å². The fourth-order valence-electron chi connectivity index (χ4n) is 2.04. The lowest BCUT2D eigenvalue weighted by Crippen LogP contribution is -2.52. The summed E-state index contributed by atoms with van der Waals surface area (Å²) in [5.41, 5.74) is 0. The fourth-order valence-corrected chi connectivity index (χ4v) is 2.04. The van der Waals surface area contributed by atoms with Gasteiger partial charge in [-0.3, -0.25) is 14.5 Å². The molecular formula is C13H27ClN4O2. The maximum absolute atomic E-state index is 11.8. The van der Waals surface area contributed by atoms with Crippen LogP contribution in [-0.2, 0) is 9.59 Å². The van der Waals surface area contributed by atoms with Crippen molar-refractivity contribution in [3.63, 3.8) is 0 Å². The summed E-state index contributed by atoms with van der Waals surface area (Å²) in [6.45, 7) is 7.82. The first kappa shape index (κ1) is 19.1. The molecule has 1 atom stereocenters. The fraction of sp³-hybridized carbons (Fsp3) is 0.846. The van der Waals surface area contributed by atoms with Gasteiger partial charge in [0.15, 0.2) is 0 Å². The maximum atomic E-state index is 11.8. The van der Waals surface area contributed by atoms with Gasteiger partial charge >= 0.3 is 0 Å². The van der Waals surface area contributed by atoms with E-state index in [0.29, 0.717) is 26.2 Å². The molecule has 1 heterocycles. The Kier molecular flexibility index (Phi) is 9.54. The average molecular weight is 307 g/mol. The SMILES string of the molecule is CCC(C)NC(=O)CN1CCN(C(=O)CNC)CC1.Cl. The van der Waals surface area contributed by atoms with E-state index >= 15 is 0 Å². The molecule has 0 aromatic rings. The number of likely N-dealkylation sites (N-methyl/N-ethyl adjacent to an activating group) is 1. The highest BCUT2D eigenvalue weighted by atomic mass is 35.5. The van der Waals surface area contributed by atoms with Gasteiger partial charge in [0.2, 0.25) is 11.8 Å². The second-order valence-electron chi connectivity index (χ2n) is 5.06. The molecule has 1 rings (SSSR count). The van der Waals surface area contributed by atoms with Crippen LogP contribution in [0.4, 0.5) is 0 Å². The van der Waals surface area contributed by atoms with Crippen molar-refractivity contribution in [2.24, 2.45) is 0 Å². The molecule has 20 heavy (non-hydrogen) atoms. The number of rotatable bonds is 6. The van der Waals surface area contributed by atoms with Crippen LogP contribution in [0.25, 0.3) is 0 Å². The number of piperazine rings is 1. The molecule has 0 saturated carbocycles. The van der Waals surface area contributed by atoms with Crippen LogP contribution in [0.1, 0.15) is 20.3 Å². The second-order valence-corrected chi connectivity index (χ2v) is 5.06. The highest BCUT2D eigenvalue weighted by molar-refractivity contribution is 5.85. The first-order valence-corrected chi connectivity index (χ1v) is 7.01. The summed E-state index contributed by atoms with van der Waals surface area (Å²) in [6, 6.07) is 0.228. The number of hydrogen-bond acceptors (Lipinski definition) is 4. The monoisotopic (exact) mass is 306 g/mol. The summed E-state index contributed by atoms with van der Waals surface area (Å²) in [4.78, 5) is 27.4. The van der Waals surface area contributed by atoms with Crippen molar-refractivity contribution in [2.75, 3.05) is 46.3 Å². The molecule has 0 aromatic heterocycles. The summed E-state index contributed by atoms with van der Waals surface area (Å²) in [5, 5.41) is 5.83. The van der Waals surface area contributed by atoms with Crippen molar-refractivity contribution in [2.45, 2.75) is 26.3 Å². The van der Waals surface area contributed by atoms with Gasteiger partial charge in [0.1, 0.15) is 0 Å². The highest BCUT2D eigenvalue weighted by Crippen LogP contribution is 2.01. The Hall–Kier alpha value is -0.850. The van der Waals surface area contributed by atoms with E-state index in [-0.39, 0.29) is 30.3 Å². The molecule has 0 aromatic carbocycles. The van der Waals surface area contributed by atoms with E-state index in [2.05, 4.69) is 22.5 Å². The molecule has 0 radical (unpaired) electrons. The van der Waals surface area contributed by atoms with Gasteiger partial charge in [-0.2, -0.15) is 0 Å². The first-order valence-electron chi connectivity index (χ1n) is 7.01. The van der Waals surface area contributed by atoms with Gasteiger partial charge in [0, 0.05) is 32.2 Å². The summed E-state index contributed by atoms with van der Waals surface area (Å²) in [5.74, 6) is 0.204. The third-order valence-corrected chi connectivity index (χ3v) is 3.44. The quantitative estimate of drug-likeness (QED) is 0.706. The lowest BCUT2D eigenvalue weighted by atomic mass is 10.2. The van der Waals surface area contributed by atoms with Crippen LogP contribution in [0.5, 0.6) is 0 Å². The summed E-state index contributed by atoms with van der Waals surface area (Å²) in [6.07, 6.45) is 0.942. The first-order chi connectivity index (χ1) is 9.06. The third kappa shape index (κ3) is 6.54. The Morgan fingerprint density at radius 2 is 1.80 bits per heavy atom. The number of carbonyl (C=O) groups excluding carboxylic acids is 2. The molecule has 0 spiro atoms. The third-order valence-electron chi connectivity index (χ3n) is 3.44. The van der Waals surface area contributed by atoms with Crippen molar-refractivity contribution in [1.82, 2.24) is 20.4 Å². The van der Waals surface area contributed by atoms with Crippen molar-refractivity contribution in [3.8, 4) is 0 Å². The predicted octanol–water partition coefficient (Wildman–Crippen LogP) is -0.313. The summed E-state index contributed by atoms with van der Waals surface area (Å²) in [7, 11) is 1.77. The highest BCUT2D eigenvalue weighted by Gasteiger charge is 2.21. The van der Waals surface area contributed by atoms with E-state index in [1.807, 2.05) is 11.8 Å². The van der Waals surface area contributed by atoms with Gasteiger partial charge in [0.25, 0.3) is 0 Å². The molecular weight excluding hydrogens is 280 g/mol. The molecule has 1 aliphatic heterocycles. The number of halogens is 1. The minimum atomic E-state index is 0. The molecule has 1 aliphatic rings. The Balaban J connectivity index is 0.00000361. The van der Waals surface area contributed by atoms with Crippen LogP contribution in [0, 0.1) is 0 Å². The van der Waals surface area contributed by atoms with E-state index in [1.165, 1.54) is 0 Å².